The van der Waals surface area contributed by atoms with Crippen LogP contribution in [-0.4, -0.2) is 63.7 Å². The third kappa shape index (κ3) is 6.97. The Morgan fingerprint density at radius 2 is 1.68 bits per heavy atom. The quantitative estimate of drug-likeness (QED) is 0.214. The molecule has 1 heterocycles. The van der Waals surface area contributed by atoms with E-state index in [2.05, 4.69) is 33.6 Å². The first-order valence-corrected chi connectivity index (χ1v) is 11.8. The van der Waals surface area contributed by atoms with Crippen LogP contribution in [0.3, 0.4) is 0 Å². The second-order valence-electron chi connectivity index (χ2n) is 8.37. The van der Waals surface area contributed by atoms with E-state index in [9.17, 15) is 24.3 Å². The average Bonchev–Trinajstić information content (AvgIpc) is 3.22. The molecule has 0 aliphatic carbocycles. The molecular formula is C23H33N5O5S. The molecule has 10 nitrogen and oxygen atoms in total. The Morgan fingerprint density at radius 3 is 2.26 bits per heavy atom. The molecule has 34 heavy (non-hydrogen) atoms. The van der Waals surface area contributed by atoms with Crippen LogP contribution in [-0.2, 0) is 25.6 Å². The molecular weight excluding hydrogens is 458 g/mol. The number of aromatic nitrogens is 1. The highest BCUT2D eigenvalue weighted by Crippen LogP contribution is 2.19. The molecule has 1 aromatic carbocycles. The lowest BCUT2D eigenvalue weighted by molar-refractivity contribution is -0.142. The number of H-pyrrole nitrogens is 1. The van der Waals surface area contributed by atoms with Gasteiger partial charge in [0.1, 0.15) is 18.1 Å². The van der Waals surface area contributed by atoms with Crippen LogP contribution in [0.2, 0.25) is 0 Å². The van der Waals surface area contributed by atoms with Gasteiger partial charge < -0.3 is 31.8 Å². The van der Waals surface area contributed by atoms with Crippen molar-refractivity contribution in [3.05, 3.63) is 36.0 Å². The summed E-state index contributed by atoms with van der Waals surface area (Å²) >= 11 is 3.97. The number of benzene rings is 1. The number of carbonyl (C=O) groups is 4. The number of hydrogen-bond acceptors (Lipinski definition) is 6. The summed E-state index contributed by atoms with van der Waals surface area (Å²) in [5, 5.41) is 17.9. The maximum atomic E-state index is 13.3. The van der Waals surface area contributed by atoms with Gasteiger partial charge in [0.05, 0.1) is 6.04 Å². The molecule has 0 fully saturated rings. The summed E-state index contributed by atoms with van der Waals surface area (Å²) in [5.74, 6) is -3.33. The van der Waals surface area contributed by atoms with Crippen LogP contribution in [0.5, 0.6) is 0 Å². The number of carbonyl (C=O) groups excluding carboxylic acids is 3. The van der Waals surface area contributed by atoms with Crippen LogP contribution in [0.1, 0.15) is 32.8 Å². The first kappa shape index (κ1) is 27.2. The van der Waals surface area contributed by atoms with Gasteiger partial charge in [0.25, 0.3) is 0 Å². The Labute approximate surface area is 203 Å². The van der Waals surface area contributed by atoms with Gasteiger partial charge >= 0.3 is 5.97 Å². The van der Waals surface area contributed by atoms with Crippen LogP contribution >= 0.6 is 12.6 Å². The number of rotatable bonds is 12. The Bertz CT molecular complexity index is 1020. The third-order valence-corrected chi connectivity index (χ3v) is 6.10. The van der Waals surface area contributed by atoms with Crippen molar-refractivity contribution in [3.63, 3.8) is 0 Å². The summed E-state index contributed by atoms with van der Waals surface area (Å²) in [5.41, 5.74) is 7.39. The first-order valence-electron chi connectivity index (χ1n) is 11.1. The van der Waals surface area contributed by atoms with Crippen molar-refractivity contribution in [1.29, 1.82) is 0 Å². The van der Waals surface area contributed by atoms with Gasteiger partial charge in [-0.25, -0.2) is 4.79 Å². The van der Waals surface area contributed by atoms with Gasteiger partial charge in [-0.3, -0.25) is 14.4 Å². The van der Waals surface area contributed by atoms with Crippen molar-refractivity contribution in [2.75, 3.05) is 5.75 Å². The number of fused-ring (bicyclic) bond motifs is 1. The van der Waals surface area contributed by atoms with Gasteiger partial charge in [-0.2, -0.15) is 12.6 Å². The molecule has 5 unspecified atom stereocenters. The van der Waals surface area contributed by atoms with Crippen LogP contribution in [0.4, 0.5) is 0 Å². The summed E-state index contributed by atoms with van der Waals surface area (Å²) in [7, 11) is 0. The molecule has 0 aliphatic rings. The zero-order chi connectivity index (χ0) is 25.4. The molecule has 0 spiro atoms. The number of carboxylic acid groups (broad SMARTS) is 1. The summed E-state index contributed by atoms with van der Waals surface area (Å²) in [6, 6.07) is 3.53. The van der Waals surface area contributed by atoms with Gasteiger partial charge in [-0.05, 0) is 24.5 Å². The Hall–Kier alpha value is -3.05. The molecule has 2 aromatic rings. The fraction of sp³-hybridized carbons (Fsp3) is 0.478. The minimum absolute atomic E-state index is 0.101. The minimum Gasteiger partial charge on any atom is -0.480 e. The predicted octanol–water partition coefficient (Wildman–Crippen LogP) is 0.573. The van der Waals surface area contributed by atoms with Crippen LogP contribution < -0.4 is 21.7 Å². The molecule has 0 saturated heterocycles. The number of hydrogen-bond donors (Lipinski definition) is 7. The maximum Gasteiger partial charge on any atom is 0.327 e. The Kier molecular flexibility index (Phi) is 9.94. The molecule has 7 N–H and O–H groups in total. The lowest BCUT2D eigenvalue weighted by Crippen LogP contribution is -2.59. The molecule has 0 bridgehead atoms. The van der Waals surface area contributed by atoms with Crippen LogP contribution in [0.25, 0.3) is 10.9 Å². The molecule has 186 valence electrons. The van der Waals surface area contributed by atoms with E-state index in [1.54, 1.807) is 13.1 Å². The van der Waals surface area contributed by atoms with E-state index in [4.69, 9.17) is 5.73 Å². The van der Waals surface area contributed by atoms with Crippen LogP contribution in [0, 0.1) is 5.92 Å². The van der Waals surface area contributed by atoms with Gasteiger partial charge in [0.15, 0.2) is 0 Å². The van der Waals surface area contributed by atoms with Gasteiger partial charge in [0, 0.05) is 29.3 Å². The van der Waals surface area contributed by atoms with E-state index in [0.717, 1.165) is 16.5 Å². The first-order chi connectivity index (χ1) is 16.1. The zero-order valence-corrected chi connectivity index (χ0v) is 20.4. The molecule has 3 amide bonds. The number of aromatic amines is 1. The predicted molar refractivity (Wildman–Crippen MR) is 132 cm³/mol. The average molecular weight is 492 g/mol. The number of aliphatic carboxylic acids is 1. The second kappa shape index (κ2) is 12.4. The van der Waals surface area contributed by atoms with E-state index in [0.29, 0.717) is 6.42 Å². The maximum absolute atomic E-state index is 13.3. The van der Waals surface area contributed by atoms with E-state index in [1.807, 2.05) is 31.2 Å². The van der Waals surface area contributed by atoms with Gasteiger partial charge in [0.2, 0.25) is 17.7 Å². The topological polar surface area (TPSA) is 166 Å². The Balaban J connectivity index is 2.28. The van der Waals surface area contributed by atoms with Crippen molar-refractivity contribution >= 4 is 47.2 Å². The summed E-state index contributed by atoms with van der Waals surface area (Å²) < 4.78 is 0. The third-order valence-electron chi connectivity index (χ3n) is 5.74. The van der Waals surface area contributed by atoms with Crippen molar-refractivity contribution in [1.82, 2.24) is 20.9 Å². The van der Waals surface area contributed by atoms with Crippen molar-refractivity contribution < 1.29 is 24.3 Å². The number of nitrogens with two attached hydrogens (primary N) is 1. The van der Waals surface area contributed by atoms with Gasteiger partial charge in [-0.15, -0.1) is 0 Å². The smallest absolute Gasteiger partial charge is 0.327 e. The number of amides is 3. The zero-order valence-electron chi connectivity index (χ0n) is 19.5. The Morgan fingerprint density at radius 1 is 1.03 bits per heavy atom. The molecule has 0 aliphatic heterocycles. The SMILES string of the molecule is CCC(C)C(NC(=O)C(Cc1c[nH]c2ccccc12)NC(=O)C(C)N)C(=O)NC(CS)C(=O)O. The normalized spacial score (nSPS) is 15.6. The van der Waals surface area contributed by atoms with E-state index >= 15 is 0 Å². The molecule has 2 rings (SSSR count). The summed E-state index contributed by atoms with van der Waals surface area (Å²) in [6.45, 7) is 5.14. The highest BCUT2D eigenvalue weighted by atomic mass is 32.1. The highest BCUT2D eigenvalue weighted by Gasteiger charge is 2.32. The molecule has 0 radical (unpaired) electrons. The lowest BCUT2D eigenvalue weighted by atomic mass is 9.96. The number of thiol groups is 1. The fourth-order valence-electron chi connectivity index (χ4n) is 3.44. The highest BCUT2D eigenvalue weighted by molar-refractivity contribution is 7.80. The second-order valence-corrected chi connectivity index (χ2v) is 8.73. The van der Waals surface area contributed by atoms with Gasteiger partial charge in [-0.1, -0.05) is 38.5 Å². The van der Waals surface area contributed by atoms with E-state index in [1.165, 1.54) is 6.92 Å². The monoisotopic (exact) mass is 491 g/mol. The van der Waals surface area contributed by atoms with Crippen molar-refractivity contribution in [2.45, 2.75) is 57.8 Å². The largest absolute Gasteiger partial charge is 0.480 e. The van der Waals surface area contributed by atoms with E-state index < -0.39 is 47.9 Å². The standard InChI is InChI=1S/C23H33N5O5S/c1-4-12(2)19(22(31)27-18(11-34)23(32)33)28-21(30)17(26-20(29)13(3)24)9-14-10-25-16-8-6-5-7-15(14)16/h5-8,10,12-13,17-19,25,34H,4,9,11,24H2,1-3H3,(H,26,29)(H,27,31)(H,28,30)(H,32,33). The lowest BCUT2D eigenvalue weighted by Gasteiger charge is -2.27. The fourth-order valence-corrected chi connectivity index (χ4v) is 3.68. The molecule has 5 atom stereocenters. The van der Waals surface area contributed by atoms with Crippen LogP contribution in [0.15, 0.2) is 30.5 Å². The molecule has 11 heteroatoms. The molecule has 1 aromatic heterocycles. The van der Waals surface area contributed by atoms with Crippen molar-refractivity contribution in [2.24, 2.45) is 11.7 Å². The number of nitrogens with one attached hydrogen (secondary N) is 4. The number of para-hydroxylation sites is 1. The summed E-state index contributed by atoms with van der Waals surface area (Å²) in [6.07, 6.45) is 2.49. The minimum atomic E-state index is -1.22. The van der Waals surface area contributed by atoms with E-state index in [-0.39, 0.29) is 18.1 Å². The van der Waals surface area contributed by atoms with Crippen molar-refractivity contribution in [3.8, 4) is 0 Å². The summed E-state index contributed by atoms with van der Waals surface area (Å²) in [4.78, 5) is 53.0. The number of carboxylic acids is 1. The molecule has 0 saturated carbocycles.